The van der Waals surface area contributed by atoms with Crippen molar-refractivity contribution >= 4 is 23.2 Å². The summed E-state index contributed by atoms with van der Waals surface area (Å²) in [7, 11) is 1.77. The van der Waals surface area contributed by atoms with Crippen LogP contribution in [0.25, 0.3) is 28.2 Å². The maximum Gasteiger partial charge on any atom is 0.283 e. The number of fused-ring (bicyclic) bond motifs is 4. The first kappa shape index (κ1) is 29.2. The lowest BCUT2D eigenvalue weighted by atomic mass is 9.97. The van der Waals surface area contributed by atoms with Crippen molar-refractivity contribution in [2.24, 2.45) is 13.0 Å². The Hall–Kier alpha value is -4.85. The summed E-state index contributed by atoms with van der Waals surface area (Å²) in [5.41, 5.74) is 1.21. The van der Waals surface area contributed by atoms with E-state index in [1.807, 2.05) is 13.0 Å². The molecule has 0 fully saturated rings. The minimum atomic E-state index is -2.88. The molecule has 5 aromatic rings. The Morgan fingerprint density at radius 1 is 1.11 bits per heavy atom. The molecule has 1 amide bonds. The number of nitrogens with zero attached hydrogens (tertiary/aromatic N) is 8. The molecule has 5 heterocycles. The molecule has 0 saturated heterocycles. The molecule has 1 aliphatic heterocycles. The largest absolute Gasteiger partial charge is 0.323 e. The van der Waals surface area contributed by atoms with Gasteiger partial charge in [-0.05, 0) is 37.1 Å². The van der Waals surface area contributed by atoms with E-state index in [1.165, 1.54) is 23.0 Å². The number of nitrogens with one attached hydrogen (secondary N) is 1. The van der Waals surface area contributed by atoms with Crippen LogP contribution in [-0.2, 0) is 11.8 Å². The van der Waals surface area contributed by atoms with Gasteiger partial charge in [0, 0.05) is 30.8 Å². The molecular formula is C29H25ClF3N9O2. The number of hydrogen-bond acceptors (Lipinski definition) is 7. The number of benzene rings is 1. The number of rotatable bonds is 4. The van der Waals surface area contributed by atoms with Crippen LogP contribution < -0.4 is 10.9 Å². The van der Waals surface area contributed by atoms with E-state index in [9.17, 15) is 18.4 Å². The third-order valence-corrected chi connectivity index (χ3v) is 7.93. The fraction of sp³-hybridized carbons (Fsp3) is 0.276. The second kappa shape index (κ2) is 11.7. The number of aryl methyl sites for hydroxylation is 1. The van der Waals surface area contributed by atoms with E-state index in [2.05, 4.69) is 30.7 Å². The average Bonchev–Trinajstić information content (AvgIpc) is 3.64. The highest BCUT2D eigenvalue weighted by molar-refractivity contribution is 6.31. The lowest BCUT2D eigenvalue weighted by Crippen LogP contribution is -2.27. The Kier molecular flexibility index (Phi) is 7.76. The number of alkyl halides is 2. The van der Waals surface area contributed by atoms with Crippen LogP contribution in [0.2, 0.25) is 5.02 Å². The van der Waals surface area contributed by atoms with Gasteiger partial charge in [-0.3, -0.25) is 23.8 Å². The van der Waals surface area contributed by atoms with Crippen molar-refractivity contribution in [3.63, 3.8) is 0 Å². The van der Waals surface area contributed by atoms with Crippen LogP contribution in [0.4, 0.5) is 18.9 Å². The summed E-state index contributed by atoms with van der Waals surface area (Å²) < 4.78 is 45.8. The molecule has 11 nitrogen and oxygen atoms in total. The molecule has 1 N–H and O–H groups in total. The number of amides is 1. The summed E-state index contributed by atoms with van der Waals surface area (Å²) in [5.74, 6) is -1.35. The first-order chi connectivity index (χ1) is 21.1. The van der Waals surface area contributed by atoms with Crippen LogP contribution in [0.15, 0.2) is 60.0 Å². The molecule has 0 spiro atoms. The van der Waals surface area contributed by atoms with Gasteiger partial charge in [-0.15, -0.1) is 5.10 Å². The predicted molar refractivity (Wildman–Crippen MR) is 155 cm³/mol. The standard InChI is InChI=1S/C29H25ClF3N9O2/c1-15-4-3-5-22(18-10-16(8-9-34-18)27-20(37-29(15)44)12-36-40(27)2)41-14-35-19(11-24(41)43)25-23(7-6-17(30)26(25)31)42-13-21(28(32)33)38-39-42/h6-15,22,28H,3-5H2,1-2H3,(H,37,44)/t15-,22+/m1/s1. The molecule has 44 heavy (non-hydrogen) atoms. The smallest absolute Gasteiger partial charge is 0.283 e. The number of carbonyl (C=O) groups excluding carboxylic acids is 1. The Morgan fingerprint density at radius 3 is 2.68 bits per heavy atom. The number of anilines is 1. The van der Waals surface area contributed by atoms with E-state index >= 15 is 4.39 Å². The Bertz CT molecular complexity index is 1940. The second-order valence-corrected chi connectivity index (χ2v) is 10.9. The highest BCUT2D eigenvalue weighted by atomic mass is 35.5. The van der Waals surface area contributed by atoms with Crippen LogP contribution in [0.5, 0.6) is 0 Å². The molecule has 15 heteroatoms. The second-order valence-electron chi connectivity index (χ2n) is 10.5. The summed E-state index contributed by atoms with van der Waals surface area (Å²) in [6, 6.07) is 6.84. The summed E-state index contributed by atoms with van der Waals surface area (Å²) >= 11 is 6.06. The minimum absolute atomic E-state index is 0.0237. The first-order valence-corrected chi connectivity index (χ1v) is 14.1. The number of halogens is 4. The fourth-order valence-corrected chi connectivity index (χ4v) is 5.49. The monoisotopic (exact) mass is 623 g/mol. The summed E-state index contributed by atoms with van der Waals surface area (Å²) in [4.78, 5) is 35.6. The number of carbonyl (C=O) groups is 1. The normalized spacial score (nSPS) is 17.1. The summed E-state index contributed by atoms with van der Waals surface area (Å²) in [6.45, 7) is 1.84. The molecule has 0 radical (unpaired) electrons. The molecule has 1 aromatic carbocycles. The van der Waals surface area contributed by atoms with E-state index in [1.54, 1.807) is 30.2 Å². The summed E-state index contributed by atoms with van der Waals surface area (Å²) in [5, 5.41) is 14.2. The van der Waals surface area contributed by atoms with E-state index in [0.717, 1.165) is 22.5 Å². The summed E-state index contributed by atoms with van der Waals surface area (Å²) in [6.07, 6.45) is 4.19. The zero-order valence-electron chi connectivity index (χ0n) is 23.5. The average molecular weight is 624 g/mol. The van der Waals surface area contributed by atoms with E-state index in [0.29, 0.717) is 36.3 Å². The van der Waals surface area contributed by atoms with Gasteiger partial charge in [0.05, 0.1) is 63.8 Å². The van der Waals surface area contributed by atoms with Crippen molar-refractivity contribution in [3.8, 4) is 28.2 Å². The molecule has 0 saturated carbocycles. The van der Waals surface area contributed by atoms with Crippen LogP contribution >= 0.6 is 11.6 Å². The quantitative estimate of drug-likeness (QED) is 0.285. The molecule has 2 bridgehead atoms. The number of hydrogen-bond donors (Lipinski definition) is 1. The molecule has 6 rings (SSSR count). The molecule has 0 aliphatic carbocycles. The third-order valence-electron chi connectivity index (χ3n) is 7.64. The van der Waals surface area contributed by atoms with Gasteiger partial charge < -0.3 is 5.32 Å². The molecule has 0 unspecified atom stereocenters. The Labute approximate surface area is 253 Å². The highest BCUT2D eigenvalue weighted by Gasteiger charge is 2.25. The van der Waals surface area contributed by atoms with Crippen LogP contribution in [0, 0.1) is 11.7 Å². The van der Waals surface area contributed by atoms with Crippen molar-refractivity contribution < 1.29 is 18.0 Å². The van der Waals surface area contributed by atoms with Gasteiger partial charge in [0.25, 0.3) is 12.0 Å². The zero-order valence-corrected chi connectivity index (χ0v) is 24.2. The van der Waals surface area contributed by atoms with Gasteiger partial charge >= 0.3 is 0 Å². The van der Waals surface area contributed by atoms with Crippen molar-refractivity contribution in [1.82, 2.24) is 39.3 Å². The lowest BCUT2D eigenvalue weighted by Gasteiger charge is -2.22. The molecule has 226 valence electrons. The highest BCUT2D eigenvalue weighted by Crippen LogP contribution is 2.34. The number of aromatic nitrogens is 8. The van der Waals surface area contributed by atoms with Crippen LogP contribution in [0.1, 0.15) is 50.0 Å². The molecule has 4 aromatic heterocycles. The van der Waals surface area contributed by atoms with E-state index in [4.69, 9.17) is 11.6 Å². The Balaban J connectivity index is 1.45. The van der Waals surface area contributed by atoms with Gasteiger partial charge in [-0.25, -0.2) is 22.8 Å². The topological polar surface area (TPSA) is 125 Å². The van der Waals surface area contributed by atoms with E-state index < -0.39 is 29.5 Å². The maximum absolute atomic E-state index is 15.4. The lowest BCUT2D eigenvalue weighted by molar-refractivity contribution is -0.119. The predicted octanol–water partition coefficient (Wildman–Crippen LogP) is 5.36. The number of pyridine rings is 1. The van der Waals surface area contributed by atoms with Crippen LogP contribution in [0.3, 0.4) is 0 Å². The molecular weight excluding hydrogens is 599 g/mol. The SMILES string of the molecule is C[C@@H]1CCC[C@H](n2cnc(-c3c(-n4cc(C(F)F)nn4)ccc(Cl)c3F)cc2=O)c2cc(ccn2)-c2c(cnn2C)NC1=O. The third kappa shape index (κ3) is 5.36. The van der Waals surface area contributed by atoms with Crippen LogP contribution in [-0.4, -0.2) is 45.2 Å². The maximum atomic E-state index is 15.4. The Morgan fingerprint density at radius 2 is 1.93 bits per heavy atom. The van der Waals surface area contributed by atoms with Gasteiger partial charge in [0.2, 0.25) is 5.91 Å². The van der Waals surface area contributed by atoms with E-state index in [-0.39, 0.29) is 33.8 Å². The zero-order chi connectivity index (χ0) is 31.1. The molecule has 2 atom stereocenters. The van der Waals surface area contributed by atoms with Gasteiger partial charge in [-0.2, -0.15) is 5.10 Å². The van der Waals surface area contributed by atoms with Crippen molar-refractivity contribution in [1.29, 1.82) is 0 Å². The van der Waals surface area contributed by atoms with Gasteiger partial charge in [0.1, 0.15) is 5.69 Å². The van der Waals surface area contributed by atoms with Crippen molar-refractivity contribution in [2.75, 3.05) is 5.32 Å². The van der Waals surface area contributed by atoms with Gasteiger partial charge in [0.15, 0.2) is 5.82 Å². The minimum Gasteiger partial charge on any atom is -0.323 e. The fourth-order valence-electron chi connectivity index (χ4n) is 5.33. The molecule has 1 aliphatic rings. The van der Waals surface area contributed by atoms with Gasteiger partial charge in [-0.1, -0.05) is 30.2 Å². The van der Waals surface area contributed by atoms with Crippen molar-refractivity contribution in [3.05, 3.63) is 87.8 Å². The first-order valence-electron chi connectivity index (χ1n) is 13.7. The van der Waals surface area contributed by atoms with Crippen molar-refractivity contribution in [2.45, 2.75) is 38.7 Å².